The molecule has 4 aromatic rings. The van der Waals surface area contributed by atoms with Gasteiger partial charge in [0.05, 0.1) is 17.3 Å². The first-order valence-corrected chi connectivity index (χ1v) is 6.53. The van der Waals surface area contributed by atoms with Gasteiger partial charge in [-0.05, 0) is 29.8 Å². The summed E-state index contributed by atoms with van der Waals surface area (Å²) in [5, 5.41) is 5.22. The summed E-state index contributed by atoms with van der Waals surface area (Å²) in [4.78, 5) is 12.4. The molecule has 4 rings (SSSR count). The second-order valence-corrected chi connectivity index (χ2v) is 4.76. The largest absolute Gasteiger partial charge is 0.262 e. The molecule has 0 bridgehead atoms. The zero-order chi connectivity index (χ0) is 14.4. The molecule has 0 saturated carbocycles. The second kappa shape index (κ2) is 4.46. The van der Waals surface area contributed by atoms with Gasteiger partial charge in [-0.1, -0.05) is 12.1 Å². The fraction of sp³-hybridized carbons (Fsp3) is 0. The molecule has 7 heteroatoms. The zero-order valence-corrected chi connectivity index (χ0v) is 11.3. The van der Waals surface area contributed by atoms with Crippen LogP contribution in [0.15, 0.2) is 42.7 Å². The van der Waals surface area contributed by atoms with E-state index in [0.717, 1.165) is 11.6 Å². The number of benzene rings is 1. The van der Waals surface area contributed by atoms with E-state index >= 15 is 0 Å². The summed E-state index contributed by atoms with van der Waals surface area (Å²) in [6, 6.07) is 8.97. The van der Waals surface area contributed by atoms with Crippen LogP contribution in [0.1, 0.15) is 0 Å². The smallest absolute Gasteiger partial charge is 0.226 e. The fourth-order valence-electron chi connectivity index (χ4n) is 2.19. The topological polar surface area (TPSA) is 56.0 Å². The molecule has 5 nitrogen and oxygen atoms in total. The minimum atomic E-state index is -0.484. The first-order chi connectivity index (χ1) is 10.2. The minimum absolute atomic E-state index is 0.178. The molecule has 0 unspecified atom stereocenters. The maximum Gasteiger partial charge on any atom is 0.226 e. The van der Waals surface area contributed by atoms with Gasteiger partial charge in [-0.3, -0.25) is 4.98 Å². The summed E-state index contributed by atoms with van der Waals surface area (Å²) in [6.45, 7) is 0. The lowest BCUT2D eigenvalue weighted by atomic mass is 10.2. The second-order valence-electron chi connectivity index (χ2n) is 4.42. The first-order valence-electron chi connectivity index (χ1n) is 6.15. The standard InChI is InChI=1S/C14H7ClFN5/c15-14-18-11-4-2-1-3-9(11)13-19-12(20-21(13)14)8-5-6-17-7-10(8)16/h1-7H. The third kappa shape index (κ3) is 1.84. The van der Waals surface area contributed by atoms with Gasteiger partial charge in [0.2, 0.25) is 5.28 Å². The number of halogens is 2. The van der Waals surface area contributed by atoms with Gasteiger partial charge >= 0.3 is 0 Å². The summed E-state index contributed by atoms with van der Waals surface area (Å²) in [7, 11) is 0. The third-order valence-corrected chi connectivity index (χ3v) is 3.40. The molecule has 0 aliphatic heterocycles. The SMILES string of the molecule is Fc1cnccc1-c1nc2c3ccccc3nc(Cl)n2n1. The summed E-state index contributed by atoms with van der Waals surface area (Å²) in [6.07, 6.45) is 2.61. The Bertz CT molecular complexity index is 982. The van der Waals surface area contributed by atoms with Crippen LogP contribution in [-0.4, -0.2) is 24.6 Å². The molecule has 0 amide bonds. The summed E-state index contributed by atoms with van der Waals surface area (Å²) < 4.78 is 15.2. The number of para-hydroxylation sites is 1. The van der Waals surface area contributed by atoms with Crippen LogP contribution in [-0.2, 0) is 0 Å². The van der Waals surface area contributed by atoms with Gasteiger partial charge in [-0.15, -0.1) is 5.10 Å². The van der Waals surface area contributed by atoms with Crippen LogP contribution < -0.4 is 0 Å². The van der Waals surface area contributed by atoms with Crippen molar-refractivity contribution in [3.63, 3.8) is 0 Å². The van der Waals surface area contributed by atoms with Crippen LogP contribution in [0.25, 0.3) is 27.9 Å². The Morgan fingerprint density at radius 3 is 2.81 bits per heavy atom. The normalized spacial score (nSPS) is 11.3. The Morgan fingerprint density at radius 1 is 1.10 bits per heavy atom. The number of hydrogen-bond acceptors (Lipinski definition) is 4. The van der Waals surface area contributed by atoms with E-state index in [1.165, 1.54) is 16.8 Å². The quantitative estimate of drug-likeness (QED) is 0.507. The van der Waals surface area contributed by atoms with Crippen molar-refractivity contribution < 1.29 is 4.39 Å². The van der Waals surface area contributed by atoms with E-state index < -0.39 is 5.82 Å². The predicted octanol–water partition coefficient (Wildman–Crippen LogP) is 3.13. The molecule has 21 heavy (non-hydrogen) atoms. The maximum atomic E-state index is 13.8. The highest BCUT2D eigenvalue weighted by atomic mass is 35.5. The molecule has 1 aromatic carbocycles. The first kappa shape index (κ1) is 12.2. The number of rotatable bonds is 1. The van der Waals surface area contributed by atoms with Gasteiger partial charge in [0, 0.05) is 11.6 Å². The molecule has 0 saturated heterocycles. The van der Waals surface area contributed by atoms with E-state index in [1.54, 1.807) is 0 Å². The van der Waals surface area contributed by atoms with Gasteiger partial charge in [0.1, 0.15) is 0 Å². The van der Waals surface area contributed by atoms with Crippen molar-refractivity contribution in [3.8, 4) is 11.4 Å². The fourth-order valence-corrected chi connectivity index (χ4v) is 2.40. The molecule has 3 heterocycles. The molecule has 0 aliphatic rings. The molecular weight excluding hydrogens is 293 g/mol. The highest BCUT2D eigenvalue weighted by molar-refractivity contribution is 6.29. The van der Waals surface area contributed by atoms with E-state index in [0.29, 0.717) is 11.2 Å². The zero-order valence-electron chi connectivity index (χ0n) is 10.5. The lowest BCUT2D eigenvalue weighted by Crippen LogP contribution is -1.94. The van der Waals surface area contributed by atoms with E-state index in [9.17, 15) is 4.39 Å². The van der Waals surface area contributed by atoms with Crippen molar-refractivity contribution in [2.45, 2.75) is 0 Å². The van der Waals surface area contributed by atoms with Gasteiger partial charge in [0.25, 0.3) is 0 Å². The molecule has 0 spiro atoms. The highest BCUT2D eigenvalue weighted by Crippen LogP contribution is 2.24. The van der Waals surface area contributed by atoms with Crippen LogP contribution in [0, 0.1) is 5.82 Å². The van der Waals surface area contributed by atoms with E-state index in [2.05, 4.69) is 20.1 Å². The number of fused-ring (bicyclic) bond motifs is 3. The summed E-state index contributed by atoms with van der Waals surface area (Å²) in [5.41, 5.74) is 1.52. The van der Waals surface area contributed by atoms with Crippen LogP contribution >= 0.6 is 11.6 Å². The van der Waals surface area contributed by atoms with Crippen LogP contribution in [0.4, 0.5) is 4.39 Å². The minimum Gasteiger partial charge on any atom is -0.262 e. The van der Waals surface area contributed by atoms with Crippen LogP contribution in [0.2, 0.25) is 5.28 Å². The Hall–Kier alpha value is -2.60. The lowest BCUT2D eigenvalue weighted by Gasteiger charge is -1.99. The van der Waals surface area contributed by atoms with Crippen LogP contribution in [0.5, 0.6) is 0 Å². The Morgan fingerprint density at radius 2 is 1.95 bits per heavy atom. The van der Waals surface area contributed by atoms with Crippen LogP contribution in [0.3, 0.4) is 0 Å². The molecule has 0 radical (unpaired) electrons. The molecule has 0 aliphatic carbocycles. The lowest BCUT2D eigenvalue weighted by molar-refractivity contribution is 0.623. The summed E-state index contributed by atoms with van der Waals surface area (Å²) >= 11 is 6.12. The monoisotopic (exact) mass is 299 g/mol. The number of hydrogen-bond donors (Lipinski definition) is 0. The Labute approximate surface area is 123 Å². The molecule has 102 valence electrons. The van der Waals surface area contributed by atoms with E-state index in [4.69, 9.17) is 11.6 Å². The number of nitrogens with zero attached hydrogens (tertiary/aromatic N) is 5. The predicted molar refractivity (Wildman–Crippen MR) is 76.5 cm³/mol. The molecular formula is C14H7ClFN5. The molecule has 0 N–H and O–H groups in total. The summed E-state index contributed by atoms with van der Waals surface area (Å²) in [5.74, 6) is -0.239. The molecule has 0 atom stereocenters. The van der Waals surface area contributed by atoms with Gasteiger partial charge in [-0.25, -0.2) is 14.4 Å². The van der Waals surface area contributed by atoms with Crippen molar-refractivity contribution in [3.05, 3.63) is 53.8 Å². The van der Waals surface area contributed by atoms with Crippen molar-refractivity contribution in [1.29, 1.82) is 0 Å². The Kier molecular flexibility index (Phi) is 2.58. The van der Waals surface area contributed by atoms with Crippen molar-refractivity contribution in [1.82, 2.24) is 24.6 Å². The van der Waals surface area contributed by atoms with E-state index in [-0.39, 0.29) is 16.7 Å². The van der Waals surface area contributed by atoms with Crippen molar-refractivity contribution >= 4 is 28.2 Å². The number of pyridine rings is 1. The average molecular weight is 300 g/mol. The molecule has 0 fully saturated rings. The van der Waals surface area contributed by atoms with Gasteiger partial charge < -0.3 is 0 Å². The number of aromatic nitrogens is 5. The highest BCUT2D eigenvalue weighted by Gasteiger charge is 2.15. The van der Waals surface area contributed by atoms with Gasteiger partial charge in [0.15, 0.2) is 17.3 Å². The average Bonchev–Trinajstić information content (AvgIpc) is 2.94. The Balaban J connectivity index is 2.09. The van der Waals surface area contributed by atoms with Gasteiger partial charge in [-0.2, -0.15) is 4.52 Å². The molecule has 3 aromatic heterocycles. The van der Waals surface area contributed by atoms with Crippen molar-refractivity contribution in [2.75, 3.05) is 0 Å². The maximum absolute atomic E-state index is 13.8. The van der Waals surface area contributed by atoms with Crippen molar-refractivity contribution in [2.24, 2.45) is 0 Å². The van der Waals surface area contributed by atoms with E-state index in [1.807, 2.05) is 24.3 Å². The third-order valence-electron chi connectivity index (χ3n) is 3.15.